The summed E-state index contributed by atoms with van der Waals surface area (Å²) in [6.07, 6.45) is 7.66. The molecule has 0 spiro atoms. The minimum absolute atomic E-state index is 0.269. The van der Waals surface area contributed by atoms with Crippen molar-refractivity contribution in [2.24, 2.45) is 0 Å². The molecular formula is C16H23F2N. The number of halogens is 2. The van der Waals surface area contributed by atoms with Crippen molar-refractivity contribution >= 4 is 0 Å². The molecule has 19 heavy (non-hydrogen) atoms. The molecule has 0 saturated heterocycles. The Morgan fingerprint density at radius 3 is 2.53 bits per heavy atom. The molecule has 0 amide bonds. The summed E-state index contributed by atoms with van der Waals surface area (Å²) in [6, 6.07) is 3.42. The normalized spacial score (nSPS) is 14.9. The first-order valence-corrected chi connectivity index (χ1v) is 7.34. The van der Waals surface area contributed by atoms with E-state index in [1.165, 1.54) is 31.4 Å². The largest absolute Gasteiger partial charge is 0.314 e. The predicted molar refractivity (Wildman–Crippen MR) is 74.3 cm³/mol. The van der Waals surface area contributed by atoms with E-state index in [1.54, 1.807) is 6.92 Å². The average Bonchev–Trinajstić information content (AvgIpc) is 3.18. The van der Waals surface area contributed by atoms with Crippen molar-refractivity contribution in [1.82, 2.24) is 5.32 Å². The predicted octanol–water partition coefficient (Wildman–Crippen LogP) is 4.13. The smallest absolute Gasteiger partial charge is 0.126 e. The van der Waals surface area contributed by atoms with Crippen LogP contribution in [0.5, 0.6) is 0 Å². The summed E-state index contributed by atoms with van der Waals surface area (Å²) in [4.78, 5) is 0. The zero-order chi connectivity index (χ0) is 13.7. The van der Waals surface area contributed by atoms with E-state index < -0.39 is 0 Å². The molecule has 0 unspecified atom stereocenters. The number of aryl methyl sites for hydroxylation is 2. The molecule has 0 radical (unpaired) electrons. The molecule has 2 rings (SSSR count). The number of unbranched alkanes of at least 4 members (excludes halogenated alkanes) is 3. The lowest BCUT2D eigenvalue weighted by atomic mass is 10.0. The molecule has 1 aliphatic rings. The van der Waals surface area contributed by atoms with Crippen LogP contribution in [-0.2, 0) is 6.42 Å². The highest BCUT2D eigenvalue weighted by Gasteiger charge is 2.19. The Hall–Kier alpha value is -0.960. The van der Waals surface area contributed by atoms with Gasteiger partial charge in [0, 0.05) is 6.04 Å². The second-order valence-corrected chi connectivity index (χ2v) is 5.59. The highest BCUT2D eigenvalue weighted by Crippen LogP contribution is 2.19. The molecule has 0 heterocycles. The maximum atomic E-state index is 13.6. The van der Waals surface area contributed by atoms with Crippen molar-refractivity contribution in [3.05, 3.63) is 34.9 Å². The average molecular weight is 267 g/mol. The van der Waals surface area contributed by atoms with E-state index in [0.29, 0.717) is 17.5 Å². The molecule has 0 aliphatic heterocycles. The highest BCUT2D eigenvalue weighted by atomic mass is 19.1. The Morgan fingerprint density at radius 1 is 1.05 bits per heavy atom. The van der Waals surface area contributed by atoms with Crippen LogP contribution in [0.4, 0.5) is 8.78 Å². The zero-order valence-corrected chi connectivity index (χ0v) is 11.6. The lowest BCUT2D eigenvalue weighted by Crippen LogP contribution is -2.17. The Morgan fingerprint density at radius 2 is 1.79 bits per heavy atom. The maximum Gasteiger partial charge on any atom is 0.126 e. The quantitative estimate of drug-likeness (QED) is 0.698. The van der Waals surface area contributed by atoms with Crippen molar-refractivity contribution in [1.29, 1.82) is 0 Å². The number of rotatable bonds is 8. The monoisotopic (exact) mass is 267 g/mol. The van der Waals surface area contributed by atoms with Crippen LogP contribution in [0.3, 0.4) is 0 Å². The third-order valence-electron chi connectivity index (χ3n) is 3.71. The van der Waals surface area contributed by atoms with Gasteiger partial charge in [0.05, 0.1) is 0 Å². The van der Waals surface area contributed by atoms with E-state index in [2.05, 4.69) is 5.32 Å². The van der Waals surface area contributed by atoms with Crippen LogP contribution >= 0.6 is 0 Å². The van der Waals surface area contributed by atoms with Crippen LogP contribution < -0.4 is 5.32 Å². The van der Waals surface area contributed by atoms with Crippen molar-refractivity contribution < 1.29 is 8.78 Å². The minimum atomic E-state index is -0.301. The van der Waals surface area contributed by atoms with Crippen LogP contribution in [-0.4, -0.2) is 12.6 Å². The molecule has 1 aliphatic carbocycles. The third kappa shape index (κ3) is 4.90. The van der Waals surface area contributed by atoms with Crippen LogP contribution in [0, 0.1) is 18.6 Å². The Labute approximate surface area is 114 Å². The van der Waals surface area contributed by atoms with Crippen molar-refractivity contribution in [2.75, 3.05) is 6.54 Å². The van der Waals surface area contributed by atoms with E-state index in [4.69, 9.17) is 0 Å². The van der Waals surface area contributed by atoms with Crippen LogP contribution in [0.25, 0.3) is 0 Å². The van der Waals surface area contributed by atoms with Crippen molar-refractivity contribution in [2.45, 2.75) is 57.9 Å². The lowest BCUT2D eigenvalue weighted by molar-refractivity contribution is 0.559. The first-order valence-electron chi connectivity index (χ1n) is 7.34. The number of hydrogen-bond donors (Lipinski definition) is 1. The molecular weight excluding hydrogens is 244 g/mol. The van der Waals surface area contributed by atoms with Gasteiger partial charge in [-0.25, -0.2) is 8.78 Å². The topological polar surface area (TPSA) is 12.0 Å². The third-order valence-corrected chi connectivity index (χ3v) is 3.71. The fourth-order valence-corrected chi connectivity index (χ4v) is 2.27. The van der Waals surface area contributed by atoms with Crippen molar-refractivity contribution in [3.63, 3.8) is 0 Å². The highest BCUT2D eigenvalue weighted by molar-refractivity contribution is 5.25. The second-order valence-electron chi connectivity index (χ2n) is 5.59. The molecule has 0 aromatic heterocycles. The molecule has 1 N–H and O–H groups in total. The molecule has 1 saturated carbocycles. The Bertz CT molecular complexity index is 413. The van der Waals surface area contributed by atoms with Crippen LogP contribution in [0.1, 0.15) is 49.7 Å². The SMILES string of the molecule is Cc1cc(F)c(CCCCCCNC2CC2)cc1F. The van der Waals surface area contributed by atoms with Gasteiger partial charge in [-0.1, -0.05) is 12.8 Å². The lowest BCUT2D eigenvalue weighted by Gasteiger charge is -2.06. The van der Waals surface area contributed by atoms with Gasteiger partial charge < -0.3 is 5.32 Å². The fourth-order valence-electron chi connectivity index (χ4n) is 2.27. The number of hydrogen-bond acceptors (Lipinski definition) is 1. The van der Waals surface area contributed by atoms with Gasteiger partial charge in [-0.2, -0.15) is 0 Å². The standard InChI is InChI=1S/C16H23F2N/c1-12-10-16(18)13(11-15(12)17)6-4-2-3-5-9-19-14-7-8-14/h10-11,14,19H,2-9H2,1H3. The summed E-state index contributed by atoms with van der Waals surface area (Å²) in [5.74, 6) is -0.570. The van der Waals surface area contributed by atoms with E-state index >= 15 is 0 Å². The molecule has 0 bridgehead atoms. The fraction of sp³-hybridized carbons (Fsp3) is 0.625. The van der Waals surface area contributed by atoms with Gasteiger partial charge in [0.2, 0.25) is 0 Å². The van der Waals surface area contributed by atoms with Crippen LogP contribution in [0.2, 0.25) is 0 Å². The van der Waals surface area contributed by atoms with E-state index in [-0.39, 0.29) is 11.6 Å². The molecule has 106 valence electrons. The van der Waals surface area contributed by atoms with Gasteiger partial charge in [0.1, 0.15) is 11.6 Å². The molecule has 1 aromatic carbocycles. The molecule has 3 heteroatoms. The Balaban J connectivity index is 1.60. The maximum absolute atomic E-state index is 13.6. The zero-order valence-electron chi connectivity index (χ0n) is 11.6. The first kappa shape index (κ1) is 14.4. The van der Waals surface area contributed by atoms with Gasteiger partial charge in [0.25, 0.3) is 0 Å². The van der Waals surface area contributed by atoms with E-state index in [0.717, 1.165) is 31.8 Å². The molecule has 1 nitrogen and oxygen atoms in total. The van der Waals surface area contributed by atoms with Crippen molar-refractivity contribution in [3.8, 4) is 0 Å². The van der Waals surface area contributed by atoms with Gasteiger partial charge in [-0.05, 0) is 68.8 Å². The first-order chi connectivity index (χ1) is 9.16. The summed E-state index contributed by atoms with van der Waals surface area (Å²) in [5.41, 5.74) is 0.895. The van der Waals surface area contributed by atoms with Gasteiger partial charge in [-0.15, -0.1) is 0 Å². The molecule has 1 aromatic rings. The van der Waals surface area contributed by atoms with Gasteiger partial charge in [-0.3, -0.25) is 0 Å². The summed E-state index contributed by atoms with van der Waals surface area (Å²) in [7, 11) is 0. The van der Waals surface area contributed by atoms with E-state index in [1.807, 2.05) is 0 Å². The summed E-state index contributed by atoms with van der Waals surface area (Å²) in [5, 5.41) is 3.48. The number of nitrogens with one attached hydrogen (secondary N) is 1. The molecule has 0 atom stereocenters. The number of benzene rings is 1. The summed E-state index contributed by atoms with van der Waals surface area (Å²) < 4.78 is 26.9. The Kier molecular flexibility index (Phi) is 5.32. The van der Waals surface area contributed by atoms with Crippen LogP contribution in [0.15, 0.2) is 12.1 Å². The van der Waals surface area contributed by atoms with E-state index in [9.17, 15) is 8.78 Å². The minimum Gasteiger partial charge on any atom is -0.314 e. The second kappa shape index (κ2) is 6.99. The van der Waals surface area contributed by atoms with Gasteiger partial charge in [0.15, 0.2) is 0 Å². The summed E-state index contributed by atoms with van der Waals surface area (Å²) >= 11 is 0. The van der Waals surface area contributed by atoms with Gasteiger partial charge >= 0.3 is 0 Å². The molecule has 1 fully saturated rings. The summed E-state index contributed by atoms with van der Waals surface area (Å²) in [6.45, 7) is 2.69.